The molecule has 6 heteroatoms. The van der Waals surface area contributed by atoms with Gasteiger partial charge in [0, 0.05) is 23.5 Å². The Kier molecular flexibility index (Phi) is 5.97. The Balaban J connectivity index is 1.73. The number of methoxy groups -OCH3 is 1. The molecule has 3 rings (SSSR count). The van der Waals surface area contributed by atoms with Crippen LogP contribution in [0.4, 0.5) is 17.5 Å². The summed E-state index contributed by atoms with van der Waals surface area (Å²) >= 11 is 6.18. The lowest BCUT2D eigenvalue weighted by Crippen LogP contribution is -2.19. The largest absolute Gasteiger partial charge is 0.495 e. The molecule has 0 aliphatic heterocycles. The summed E-state index contributed by atoms with van der Waals surface area (Å²) in [7, 11) is 1.60. The summed E-state index contributed by atoms with van der Waals surface area (Å²) in [6.07, 6.45) is 7.67. The van der Waals surface area contributed by atoms with E-state index < -0.39 is 0 Å². The smallest absolute Gasteiger partial charge is 0.229 e. The third-order valence-electron chi connectivity index (χ3n) is 4.47. The van der Waals surface area contributed by atoms with Gasteiger partial charge < -0.3 is 15.4 Å². The van der Waals surface area contributed by atoms with Crippen LogP contribution in [0.15, 0.2) is 24.3 Å². The number of anilines is 3. The Bertz CT molecular complexity index is 715. The van der Waals surface area contributed by atoms with Crippen LogP contribution in [0.5, 0.6) is 5.75 Å². The quantitative estimate of drug-likeness (QED) is 0.706. The van der Waals surface area contributed by atoms with Gasteiger partial charge in [0.25, 0.3) is 0 Å². The van der Waals surface area contributed by atoms with E-state index in [1.807, 2.05) is 31.2 Å². The monoisotopic (exact) mass is 360 g/mol. The molecular weight excluding hydrogens is 336 g/mol. The Hall–Kier alpha value is -2.01. The van der Waals surface area contributed by atoms with Gasteiger partial charge in [-0.05, 0) is 38.0 Å². The van der Waals surface area contributed by atoms with Gasteiger partial charge in [-0.1, -0.05) is 37.3 Å². The maximum Gasteiger partial charge on any atom is 0.229 e. The first-order chi connectivity index (χ1) is 12.1. The Morgan fingerprint density at radius 2 is 1.84 bits per heavy atom. The van der Waals surface area contributed by atoms with Crippen molar-refractivity contribution in [1.82, 2.24) is 9.97 Å². The SMILES string of the molecule is COc1ccc(Nc2nc(C)cc(NC3CCCCCC3)n2)cc1Cl. The Labute approximate surface area is 154 Å². The molecule has 1 aliphatic rings. The molecule has 0 bridgehead atoms. The second-order valence-corrected chi connectivity index (χ2v) is 6.93. The molecule has 2 aromatic rings. The van der Waals surface area contributed by atoms with Gasteiger partial charge in [0.1, 0.15) is 11.6 Å². The zero-order valence-corrected chi connectivity index (χ0v) is 15.6. The lowest BCUT2D eigenvalue weighted by atomic mass is 10.1. The van der Waals surface area contributed by atoms with Crippen LogP contribution >= 0.6 is 11.6 Å². The fourth-order valence-corrected chi connectivity index (χ4v) is 3.46. The molecule has 5 nitrogen and oxygen atoms in total. The minimum absolute atomic E-state index is 0.500. The lowest BCUT2D eigenvalue weighted by Gasteiger charge is -2.18. The highest BCUT2D eigenvalue weighted by atomic mass is 35.5. The van der Waals surface area contributed by atoms with Crippen LogP contribution in [0.3, 0.4) is 0 Å². The van der Waals surface area contributed by atoms with Crippen molar-refractivity contribution in [2.75, 3.05) is 17.7 Å². The number of nitrogens with zero attached hydrogens (tertiary/aromatic N) is 2. The second-order valence-electron chi connectivity index (χ2n) is 6.53. The molecule has 1 heterocycles. The number of rotatable bonds is 5. The maximum absolute atomic E-state index is 6.18. The van der Waals surface area contributed by atoms with Crippen LogP contribution in [-0.2, 0) is 0 Å². The van der Waals surface area contributed by atoms with Gasteiger partial charge in [-0.25, -0.2) is 4.98 Å². The van der Waals surface area contributed by atoms with Crippen molar-refractivity contribution in [2.45, 2.75) is 51.5 Å². The summed E-state index contributed by atoms with van der Waals surface area (Å²) in [5, 5.41) is 7.36. The van der Waals surface area contributed by atoms with Crippen LogP contribution in [0, 0.1) is 6.92 Å². The van der Waals surface area contributed by atoms with Crippen molar-refractivity contribution in [3.63, 3.8) is 0 Å². The summed E-state index contributed by atoms with van der Waals surface area (Å²) in [5.41, 5.74) is 1.75. The third kappa shape index (κ3) is 4.98. The Morgan fingerprint density at radius 1 is 1.08 bits per heavy atom. The zero-order valence-electron chi connectivity index (χ0n) is 14.8. The van der Waals surface area contributed by atoms with E-state index in [2.05, 4.69) is 20.6 Å². The summed E-state index contributed by atoms with van der Waals surface area (Å²) in [6, 6.07) is 8.03. The zero-order chi connectivity index (χ0) is 17.6. The molecule has 25 heavy (non-hydrogen) atoms. The fraction of sp³-hybridized carbons (Fsp3) is 0.474. The van der Waals surface area contributed by atoms with Crippen molar-refractivity contribution in [3.8, 4) is 5.75 Å². The molecule has 0 saturated heterocycles. The summed E-state index contributed by atoms with van der Waals surface area (Å²) in [6.45, 7) is 1.98. The number of aryl methyl sites for hydroxylation is 1. The van der Waals surface area contributed by atoms with E-state index in [4.69, 9.17) is 16.3 Å². The highest BCUT2D eigenvalue weighted by molar-refractivity contribution is 6.32. The first kappa shape index (κ1) is 17.8. The van der Waals surface area contributed by atoms with Gasteiger partial charge >= 0.3 is 0 Å². The van der Waals surface area contributed by atoms with Crippen molar-refractivity contribution in [1.29, 1.82) is 0 Å². The van der Waals surface area contributed by atoms with E-state index in [9.17, 15) is 0 Å². The van der Waals surface area contributed by atoms with Crippen LogP contribution in [0.25, 0.3) is 0 Å². The van der Waals surface area contributed by atoms with Gasteiger partial charge in [-0.3, -0.25) is 0 Å². The van der Waals surface area contributed by atoms with Gasteiger partial charge in [-0.2, -0.15) is 4.98 Å². The number of hydrogen-bond donors (Lipinski definition) is 2. The van der Waals surface area contributed by atoms with Crippen LogP contribution in [-0.4, -0.2) is 23.1 Å². The van der Waals surface area contributed by atoms with Gasteiger partial charge in [-0.15, -0.1) is 0 Å². The molecule has 1 saturated carbocycles. The first-order valence-corrected chi connectivity index (χ1v) is 9.24. The highest BCUT2D eigenvalue weighted by Crippen LogP contribution is 2.28. The molecule has 0 radical (unpaired) electrons. The lowest BCUT2D eigenvalue weighted by molar-refractivity contribution is 0.415. The summed E-state index contributed by atoms with van der Waals surface area (Å²) < 4.78 is 5.18. The molecule has 1 aliphatic carbocycles. The minimum atomic E-state index is 0.500. The summed E-state index contributed by atoms with van der Waals surface area (Å²) in [5.74, 6) is 2.09. The van der Waals surface area contributed by atoms with Gasteiger partial charge in [0.15, 0.2) is 0 Å². The molecule has 1 fully saturated rings. The molecule has 134 valence electrons. The van der Waals surface area contributed by atoms with E-state index in [0.717, 1.165) is 17.2 Å². The molecule has 1 aromatic heterocycles. The van der Waals surface area contributed by atoms with E-state index in [1.54, 1.807) is 7.11 Å². The average molecular weight is 361 g/mol. The van der Waals surface area contributed by atoms with Crippen molar-refractivity contribution in [2.24, 2.45) is 0 Å². The molecule has 0 unspecified atom stereocenters. The number of aromatic nitrogens is 2. The maximum atomic E-state index is 6.18. The number of halogens is 1. The van der Waals surface area contributed by atoms with E-state index in [-0.39, 0.29) is 0 Å². The molecule has 2 N–H and O–H groups in total. The topological polar surface area (TPSA) is 59.1 Å². The van der Waals surface area contributed by atoms with Crippen molar-refractivity contribution >= 4 is 29.1 Å². The van der Waals surface area contributed by atoms with Crippen molar-refractivity contribution < 1.29 is 4.74 Å². The van der Waals surface area contributed by atoms with E-state index in [1.165, 1.54) is 38.5 Å². The number of benzene rings is 1. The van der Waals surface area contributed by atoms with E-state index in [0.29, 0.717) is 22.8 Å². The minimum Gasteiger partial charge on any atom is -0.495 e. The van der Waals surface area contributed by atoms with Crippen molar-refractivity contribution in [3.05, 3.63) is 35.0 Å². The predicted molar refractivity (Wildman–Crippen MR) is 103 cm³/mol. The van der Waals surface area contributed by atoms with Gasteiger partial charge in [0.2, 0.25) is 5.95 Å². The molecule has 0 atom stereocenters. The number of hydrogen-bond acceptors (Lipinski definition) is 5. The fourth-order valence-electron chi connectivity index (χ4n) is 3.20. The predicted octanol–water partition coefficient (Wildman–Crippen LogP) is 5.33. The standard InChI is InChI=1S/C19H25ClN4O/c1-13-11-18(22-14-7-5-3-4-6-8-14)24-19(21-13)23-15-9-10-17(25-2)16(20)12-15/h9-12,14H,3-8H2,1-2H3,(H2,21,22,23,24). The molecule has 0 spiro atoms. The third-order valence-corrected chi connectivity index (χ3v) is 4.76. The second kappa shape index (κ2) is 8.39. The normalized spacial score (nSPS) is 15.5. The van der Waals surface area contributed by atoms with Crippen LogP contribution < -0.4 is 15.4 Å². The first-order valence-electron chi connectivity index (χ1n) is 8.87. The Morgan fingerprint density at radius 3 is 2.52 bits per heavy atom. The summed E-state index contributed by atoms with van der Waals surface area (Å²) in [4.78, 5) is 9.09. The van der Waals surface area contributed by atoms with Gasteiger partial charge in [0.05, 0.1) is 12.1 Å². The highest BCUT2D eigenvalue weighted by Gasteiger charge is 2.13. The number of nitrogens with one attached hydrogen (secondary N) is 2. The number of ether oxygens (including phenoxy) is 1. The molecule has 0 amide bonds. The van der Waals surface area contributed by atoms with Crippen LogP contribution in [0.1, 0.15) is 44.2 Å². The van der Waals surface area contributed by atoms with Crippen LogP contribution in [0.2, 0.25) is 5.02 Å². The van der Waals surface area contributed by atoms with E-state index >= 15 is 0 Å². The molecule has 1 aromatic carbocycles. The molecular formula is C19H25ClN4O. The average Bonchev–Trinajstić information content (AvgIpc) is 2.83.